The minimum atomic E-state index is -0.333. The van der Waals surface area contributed by atoms with Gasteiger partial charge in [0.1, 0.15) is 24.4 Å². The van der Waals surface area contributed by atoms with Gasteiger partial charge in [0.2, 0.25) is 0 Å². The van der Waals surface area contributed by atoms with Gasteiger partial charge in [-0.25, -0.2) is 0 Å². The van der Waals surface area contributed by atoms with Crippen LogP contribution in [-0.4, -0.2) is 48.3 Å². The van der Waals surface area contributed by atoms with Crippen molar-refractivity contribution in [1.29, 1.82) is 0 Å². The maximum absolute atomic E-state index is 12.5. The molecule has 0 aromatic heterocycles. The zero-order chi connectivity index (χ0) is 47.0. The van der Waals surface area contributed by atoms with Gasteiger partial charge >= 0.3 is 23.9 Å². The quantitative estimate of drug-likeness (QED) is 0.145. The van der Waals surface area contributed by atoms with E-state index in [1.54, 1.807) is 0 Å². The second kappa shape index (κ2) is 22.1. The zero-order valence-electron chi connectivity index (χ0n) is 41.4. The van der Waals surface area contributed by atoms with Gasteiger partial charge in [-0.05, 0) is 60.2 Å². The van der Waals surface area contributed by atoms with E-state index in [1.807, 2.05) is 0 Å². The summed E-state index contributed by atoms with van der Waals surface area (Å²) in [4.78, 5) is 47.4. The molecule has 4 aliphatic carbocycles. The molecule has 0 heterocycles. The fourth-order valence-corrected chi connectivity index (χ4v) is 10.8. The number of carbonyl (C=O) groups excluding carboxylic acids is 4. The summed E-state index contributed by atoms with van der Waals surface area (Å²) in [5.74, 6) is 1.23. The van der Waals surface area contributed by atoms with Crippen LogP contribution in [-0.2, 0) is 38.1 Å². The van der Waals surface area contributed by atoms with Crippen LogP contribution in [0.5, 0.6) is 0 Å². The Morgan fingerprint density at radius 1 is 0.371 bits per heavy atom. The van der Waals surface area contributed by atoms with E-state index in [0.717, 1.165) is 0 Å². The summed E-state index contributed by atoms with van der Waals surface area (Å²) in [6, 6.07) is 8.48. The second-order valence-electron chi connectivity index (χ2n) is 20.6. The fourth-order valence-electron chi connectivity index (χ4n) is 10.8. The molecule has 1 aromatic rings. The molecule has 0 saturated carbocycles. The van der Waals surface area contributed by atoms with E-state index >= 15 is 0 Å². The van der Waals surface area contributed by atoms with Crippen molar-refractivity contribution in [2.24, 2.45) is 81.8 Å². The van der Waals surface area contributed by atoms with Crippen molar-refractivity contribution in [2.75, 3.05) is 0 Å². The highest BCUT2D eigenvalue weighted by Gasteiger charge is 2.54. The van der Waals surface area contributed by atoms with Gasteiger partial charge < -0.3 is 18.9 Å². The molecule has 16 atom stereocenters. The summed E-state index contributed by atoms with van der Waals surface area (Å²) >= 11 is 0. The van der Waals surface area contributed by atoms with Crippen molar-refractivity contribution in [3.05, 3.63) is 84.0 Å². The first-order chi connectivity index (χ1) is 28.7. The summed E-state index contributed by atoms with van der Waals surface area (Å²) in [7, 11) is 0. The number of hydrogen-bond donors (Lipinski definition) is 0. The van der Waals surface area contributed by atoms with Crippen LogP contribution in [0.15, 0.2) is 72.9 Å². The topological polar surface area (TPSA) is 105 Å². The largest absolute Gasteiger partial charge is 0.462 e. The van der Waals surface area contributed by atoms with Crippen LogP contribution in [0.25, 0.3) is 0 Å². The van der Waals surface area contributed by atoms with E-state index in [4.69, 9.17) is 18.9 Å². The van der Waals surface area contributed by atoms with Crippen LogP contribution in [0.4, 0.5) is 0 Å². The lowest BCUT2D eigenvalue weighted by Crippen LogP contribution is -2.54. The zero-order valence-corrected chi connectivity index (χ0v) is 41.4. The molecule has 5 rings (SSSR count). The van der Waals surface area contributed by atoms with Gasteiger partial charge in [-0.2, -0.15) is 0 Å². The molecule has 0 fully saturated rings. The average Bonchev–Trinajstić information content (AvgIpc) is 3.17. The summed E-state index contributed by atoms with van der Waals surface area (Å²) in [6.45, 7) is 36.2. The molecule has 1 aromatic carbocycles. The lowest BCUT2D eigenvalue weighted by Gasteiger charge is -2.54. The molecular formula is C54H82O8. The Morgan fingerprint density at radius 2 is 0.613 bits per heavy atom. The third kappa shape index (κ3) is 13.1. The molecule has 0 saturated heterocycles. The Bertz CT molecular complexity index is 1760. The third-order valence-electron chi connectivity index (χ3n) is 15.0. The summed E-state index contributed by atoms with van der Waals surface area (Å²) in [6.07, 6.45) is 17.1. The van der Waals surface area contributed by atoms with Crippen molar-refractivity contribution in [3.8, 4) is 0 Å². The Hall–Kier alpha value is -3.94. The van der Waals surface area contributed by atoms with Crippen molar-refractivity contribution in [1.82, 2.24) is 0 Å². The predicted octanol–water partition coefficient (Wildman–Crippen LogP) is 11.9. The van der Waals surface area contributed by atoms with Crippen molar-refractivity contribution >= 4 is 23.9 Å². The first kappa shape index (κ1) is 52.4. The minimum absolute atomic E-state index is 0.0181. The number of aryl methyl sites for hydroxylation is 2. The lowest BCUT2D eigenvalue weighted by molar-refractivity contribution is -0.165. The summed E-state index contributed by atoms with van der Waals surface area (Å²) in [5.41, 5.74) is 2.09. The fraction of sp³-hybridized carbons (Fsp3) is 0.667. The molecule has 4 aliphatic rings. The van der Waals surface area contributed by atoms with E-state index in [-0.39, 0.29) is 106 Å². The Morgan fingerprint density at radius 3 is 1.02 bits per heavy atom. The smallest absolute Gasteiger partial charge is 0.302 e. The highest BCUT2D eigenvalue weighted by molar-refractivity contribution is 5.67. The molecular weight excluding hydrogens is 777 g/mol. The summed E-state index contributed by atoms with van der Waals surface area (Å²) < 4.78 is 23.2. The molecule has 346 valence electrons. The molecule has 0 N–H and O–H groups in total. The van der Waals surface area contributed by atoms with Crippen LogP contribution < -0.4 is 0 Å². The van der Waals surface area contributed by atoms with Crippen LogP contribution >= 0.6 is 0 Å². The van der Waals surface area contributed by atoms with Gasteiger partial charge in [-0.1, -0.05) is 167 Å². The maximum Gasteiger partial charge on any atom is 0.302 e. The molecule has 0 spiro atoms. The third-order valence-corrected chi connectivity index (χ3v) is 15.0. The highest BCUT2D eigenvalue weighted by atomic mass is 16.6. The number of allylic oxidation sites excluding steroid dienone is 4. The molecule has 62 heavy (non-hydrogen) atoms. The lowest BCUT2D eigenvalue weighted by atomic mass is 9.53. The first-order valence-corrected chi connectivity index (χ1v) is 23.2. The molecule has 8 unspecified atom stereocenters. The average molecular weight is 859 g/mol. The van der Waals surface area contributed by atoms with E-state index in [9.17, 15) is 19.2 Å². The Balaban J connectivity index is 0.000000394. The normalized spacial score (nSPS) is 35.3. The Kier molecular flexibility index (Phi) is 18.7. The molecule has 0 radical (unpaired) electrons. The SMILES string of the molecule is CC(=O)O[C@@H]1C(C(C)(C)C2C=CC(C(C)(C)C3C=CC(C)[C@@H](OC(C)=O)[C@H]3C)[C@H](OC(C)=O)[C@@H]2C)C=CC(C)[C@@H]1C.CC(=O)O[C@@H]1C(C)C=CC(C)[C@@H]1C.Cc1ccc(C)cc1. The number of carbonyl (C=O) groups is 4. The van der Waals surface area contributed by atoms with Crippen LogP contribution in [0.1, 0.15) is 122 Å². The standard InChI is InChI=1S/C35H54O6.C11H18O2.C8H10/c1-19-13-16-29(32(21(19)3)40-25(7)37)35(11,12)28-17-18-30(33(23(28)5)41-26(8)38)34(9,10)27-15-14-20(2)31(22(27)4)39-24(6)36;1-7-5-6-8(2)11(9(7)3)13-10(4)12;1-7-3-5-8(2)6-4-7/h13-23,27-33H,1-12H3;5-9,11H,1-4H3;3-6H,1-2H3/t19?,20?,21-,22-,23+,27?,28?,29?,30?,31+,32-,33+;7?,8?,9-,11+;/m00./s1. The van der Waals surface area contributed by atoms with E-state index in [1.165, 1.54) is 38.8 Å². The van der Waals surface area contributed by atoms with Crippen LogP contribution in [0.2, 0.25) is 0 Å². The van der Waals surface area contributed by atoms with Gasteiger partial charge in [0.05, 0.1) is 0 Å². The van der Waals surface area contributed by atoms with Gasteiger partial charge in [-0.3, -0.25) is 19.2 Å². The van der Waals surface area contributed by atoms with Crippen LogP contribution in [0.3, 0.4) is 0 Å². The predicted molar refractivity (Wildman–Crippen MR) is 250 cm³/mol. The van der Waals surface area contributed by atoms with Gasteiger partial charge in [0.15, 0.2) is 0 Å². The number of benzene rings is 1. The van der Waals surface area contributed by atoms with E-state index < -0.39 is 0 Å². The molecule has 0 amide bonds. The van der Waals surface area contributed by atoms with Gasteiger partial charge in [0, 0.05) is 63.2 Å². The maximum atomic E-state index is 12.5. The van der Waals surface area contributed by atoms with Crippen LogP contribution in [0, 0.1) is 95.7 Å². The summed E-state index contributed by atoms with van der Waals surface area (Å²) in [5, 5.41) is 0. The number of hydrogen-bond acceptors (Lipinski definition) is 8. The number of rotatable bonds is 8. The molecule has 0 bridgehead atoms. The van der Waals surface area contributed by atoms with Gasteiger partial charge in [0.25, 0.3) is 0 Å². The van der Waals surface area contributed by atoms with E-state index in [0.29, 0.717) is 23.7 Å². The van der Waals surface area contributed by atoms with E-state index in [2.05, 4.69) is 170 Å². The molecule has 0 aliphatic heterocycles. The number of esters is 4. The second-order valence-corrected chi connectivity index (χ2v) is 20.6. The Labute approximate surface area is 375 Å². The molecule has 8 heteroatoms. The van der Waals surface area contributed by atoms with Crippen molar-refractivity contribution < 1.29 is 38.1 Å². The molecule has 8 nitrogen and oxygen atoms in total. The van der Waals surface area contributed by atoms with Crippen molar-refractivity contribution in [2.45, 2.75) is 149 Å². The first-order valence-electron chi connectivity index (χ1n) is 23.2. The van der Waals surface area contributed by atoms with Gasteiger partial charge in [-0.15, -0.1) is 0 Å². The monoisotopic (exact) mass is 859 g/mol. The van der Waals surface area contributed by atoms with Crippen molar-refractivity contribution in [3.63, 3.8) is 0 Å². The highest BCUT2D eigenvalue weighted by Crippen LogP contribution is 2.55. The number of ether oxygens (including phenoxy) is 4. The minimum Gasteiger partial charge on any atom is -0.462 e.